The molecule has 2 amide bonds. The number of urea groups is 1. The molecule has 0 unspecified atom stereocenters. The molecule has 0 radical (unpaired) electrons. The van der Waals surface area contributed by atoms with Crippen LogP contribution in [0.15, 0.2) is 0 Å². The van der Waals surface area contributed by atoms with Crippen LogP contribution in [0.5, 0.6) is 0 Å². The molecule has 0 aromatic heterocycles. The van der Waals surface area contributed by atoms with Crippen LogP contribution in [-0.4, -0.2) is 53.8 Å². The van der Waals surface area contributed by atoms with Crippen molar-refractivity contribution in [1.29, 1.82) is 0 Å². The smallest absolute Gasteiger partial charge is 0.329 e. The summed E-state index contributed by atoms with van der Waals surface area (Å²) in [5, 5.41) is 12.4. The van der Waals surface area contributed by atoms with Gasteiger partial charge in [-0.1, -0.05) is 25.7 Å². The van der Waals surface area contributed by atoms with Gasteiger partial charge in [0.25, 0.3) is 0 Å². The molecule has 0 saturated heterocycles. The number of aliphatic carboxylic acids is 1. The van der Waals surface area contributed by atoms with E-state index in [2.05, 4.69) is 5.32 Å². The maximum absolute atomic E-state index is 12.4. The molecular formula is C15H28N2O4. The Hall–Kier alpha value is -1.30. The molecule has 0 bridgehead atoms. The lowest BCUT2D eigenvalue weighted by Gasteiger charge is -2.32. The molecule has 0 spiro atoms. The Bertz CT molecular complexity index is 339. The van der Waals surface area contributed by atoms with Gasteiger partial charge in [-0.25, -0.2) is 9.59 Å². The largest absolute Gasteiger partial charge is 0.480 e. The van der Waals surface area contributed by atoms with Crippen LogP contribution in [0.2, 0.25) is 0 Å². The summed E-state index contributed by atoms with van der Waals surface area (Å²) in [6, 6.07) is -0.304. The van der Waals surface area contributed by atoms with E-state index in [4.69, 9.17) is 4.74 Å². The Morgan fingerprint density at radius 2 is 1.81 bits per heavy atom. The predicted molar refractivity (Wildman–Crippen MR) is 80.3 cm³/mol. The quantitative estimate of drug-likeness (QED) is 0.558. The van der Waals surface area contributed by atoms with Gasteiger partial charge < -0.3 is 20.1 Å². The van der Waals surface area contributed by atoms with Crippen LogP contribution in [-0.2, 0) is 9.53 Å². The van der Waals surface area contributed by atoms with E-state index in [0.717, 1.165) is 25.7 Å². The van der Waals surface area contributed by atoms with Gasteiger partial charge in [-0.05, 0) is 26.7 Å². The molecule has 1 saturated carbocycles. The number of hydrogen-bond acceptors (Lipinski definition) is 3. The fraction of sp³-hybridized carbons (Fsp3) is 0.867. The average Bonchev–Trinajstić information content (AvgIpc) is 2.70. The first-order valence-corrected chi connectivity index (χ1v) is 7.94. The molecule has 6 nitrogen and oxygen atoms in total. The minimum Gasteiger partial charge on any atom is -0.480 e. The van der Waals surface area contributed by atoms with Gasteiger partial charge >= 0.3 is 12.0 Å². The number of nitrogens with zero attached hydrogens (tertiary/aromatic N) is 1. The molecule has 21 heavy (non-hydrogen) atoms. The van der Waals surface area contributed by atoms with Crippen molar-refractivity contribution in [2.45, 2.75) is 57.9 Å². The Morgan fingerprint density at radius 3 is 2.29 bits per heavy atom. The molecule has 122 valence electrons. The number of hydrogen-bond donors (Lipinski definition) is 2. The zero-order valence-corrected chi connectivity index (χ0v) is 13.2. The normalized spacial score (nSPS) is 17.8. The number of carbonyl (C=O) groups is 2. The summed E-state index contributed by atoms with van der Waals surface area (Å²) in [5.41, 5.74) is -1.10. The van der Waals surface area contributed by atoms with Crippen molar-refractivity contribution in [3.05, 3.63) is 0 Å². The summed E-state index contributed by atoms with van der Waals surface area (Å²) >= 11 is 0. The molecule has 2 N–H and O–H groups in total. The van der Waals surface area contributed by atoms with Crippen LogP contribution in [0.4, 0.5) is 4.79 Å². The molecule has 0 atom stereocenters. The first-order valence-electron chi connectivity index (χ1n) is 7.94. The Balaban J connectivity index is 2.67. The third kappa shape index (κ3) is 5.19. The van der Waals surface area contributed by atoms with Crippen molar-refractivity contribution in [2.24, 2.45) is 0 Å². The third-order valence-electron chi connectivity index (χ3n) is 4.09. The summed E-state index contributed by atoms with van der Waals surface area (Å²) in [7, 11) is 0. The monoisotopic (exact) mass is 300 g/mol. The second kappa shape index (κ2) is 8.87. The van der Waals surface area contributed by atoms with E-state index in [1.807, 2.05) is 13.8 Å². The van der Waals surface area contributed by atoms with E-state index in [0.29, 0.717) is 39.1 Å². The van der Waals surface area contributed by atoms with Crippen LogP contribution >= 0.6 is 0 Å². The highest BCUT2D eigenvalue weighted by Crippen LogP contribution is 2.27. The summed E-state index contributed by atoms with van der Waals surface area (Å²) < 4.78 is 5.26. The molecule has 0 aromatic rings. The summed E-state index contributed by atoms with van der Waals surface area (Å²) in [4.78, 5) is 25.6. The van der Waals surface area contributed by atoms with Gasteiger partial charge in [-0.15, -0.1) is 0 Å². The minimum absolute atomic E-state index is 0.304. The van der Waals surface area contributed by atoms with Gasteiger partial charge in [0.05, 0.1) is 6.61 Å². The van der Waals surface area contributed by atoms with Crippen molar-refractivity contribution in [1.82, 2.24) is 10.2 Å². The standard InChI is InChI=1S/C15H28N2O4/c1-3-17(11-12-21-4-2)14(20)16-15(13(18)19)9-7-5-6-8-10-15/h3-12H2,1-2H3,(H,16,20)(H,18,19). The Kier molecular flexibility index (Phi) is 7.50. The van der Waals surface area contributed by atoms with Crippen LogP contribution < -0.4 is 5.32 Å². The van der Waals surface area contributed by atoms with Gasteiger partial charge in [0.15, 0.2) is 0 Å². The molecule has 0 aromatic carbocycles. The van der Waals surface area contributed by atoms with Crippen LogP contribution in [0.25, 0.3) is 0 Å². The molecule has 6 heteroatoms. The van der Waals surface area contributed by atoms with Gasteiger partial charge in [0.2, 0.25) is 0 Å². The van der Waals surface area contributed by atoms with E-state index < -0.39 is 11.5 Å². The minimum atomic E-state index is -1.10. The maximum atomic E-state index is 12.4. The van der Waals surface area contributed by atoms with Gasteiger partial charge in [-0.3, -0.25) is 0 Å². The van der Waals surface area contributed by atoms with Crippen LogP contribution in [0, 0.1) is 0 Å². The fourth-order valence-corrected chi connectivity index (χ4v) is 2.73. The summed E-state index contributed by atoms with van der Waals surface area (Å²) in [6.07, 6.45) is 4.78. The fourth-order valence-electron chi connectivity index (χ4n) is 2.73. The highest BCUT2D eigenvalue weighted by Gasteiger charge is 2.40. The van der Waals surface area contributed by atoms with Crippen LogP contribution in [0.3, 0.4) is 0 Å². The first kappa shape index (κ1) is 17.8. The van der Waals surface area contributed by atoms with Crippen molar-refractivity contribution < 1.29 is 19.4 Å². The number of carboxylic acid groups (broad SMARTS) is 1. The zero-order chi connectivity index (χ0) is 15.7. The van der Waals surface area contributed by atoms with Crippen molar-refractivity contribution in [3.63, 3.8) is 0 Å². The lowest BCUT2D eigenvalue weighted by Crippen LogP contribution is -2.58. The molecule has 1 fully saturated rings. The third-order valence-corrected chi connectivity index (χ3v) is 4.09. The van der Waals surface area contributed by atoms with E-state index in [1.165, 1.54) is 0 Å². The number of likely N-dealkylation sites (N-methyl/N-ethyl adjacent to an activating group) is 1. The summed E-state index contributed by atoms with van der Waals surface area (Å²) in [5.74, 6) is -0.918. The zero-order valence-electron chi connectivity index (χ0n) is 13.2. The maximum Gasteiger partial charge on any atom is 0.329 e. The van der Waals surface area contributed by atoms with Gasteiger partial charge in [-0.2, -0.15) is 0 Å². The van der Waals surface area contributed by atoms with E-state index >= 15 is 0 Å². The van der Waals surface area contributed by atoms with Crippen molar-refractivity contribution in [3.8, 4) is 0 Å². The summed E-state index contributed by atoms with van der Waals surface area (Å²) in [6.45, 7) is 5.88. The predicted octanol–water partition coefficient (Wildman–Crippen LogP) is 2.23. The number of carboxylic acids is 1. The molecule has 1 rings (SSSR count). The average molecular weight is 300 g/mol. The molecular weight excluding hydrogens is 272 g/mol. The molecule has 1 aliphatic carbocycles. The lowest BCUT2D eigenvalue weighted by molar-refractivity contribution is -0.145. The second-order valence-electron chi connectivity index (χ2n) is 5.51. The number of rotatable bonds is 7. The Morgan fingerprint density at radius 1 is 1.19 bits per heavy atom. The van der Waals surface area contributed by atoms with Gasteiger partial charge in [0.1, 0.15) is 5.54 Å². The molecule has 0 heterocycles. The molecule has 0 aliphatic heterocycles. The number of amides is 2. The van der Waals surface area contributed by atoms with Crippen molar-refractivity contribution >= 4 is 12.0 Å². The highest BCUT2D eigenvalue weighted by atomic mass is 16.5. The highest BCUT2D eigenvalue weighted by molar-refractivity contribution is 5.86. The number of ether oxygens (including phenoxy) is 1. The SMILES string of the molecule is CCOCCN(CC)C(=O)NC1(C(=O)O)CCCCCC1. The van der Waals surface area contributed by atoms with E-state index in [1.54, 1.807) is 4.90 Å². The van der Waals surface area contributed by atoms with Gasteiger partial charge in [0, 0.05) is 19.7 Å². The number of nitrogens with one attached hydrogen (secondary N) is 1. The second-order valence-corrected chi connectivity index (χ2v) is 5.51. The Labute approximate surface area is 126 Å². The van der Waals surface area contributed by atoms with Crippen LogP contribution in [0.1, 0.15) is 52.4 Å². The lowest BCUT2D eigenvalue weighted by atomic mass is 9.90. The molecule has 1 aliphatic rings. The van der Waals surface area contributed by atoms with E-state index in [9.17, 15) is 14.7 Å². The topological polar surface area (TPSA) is 78.9 Å². The number of carbonyl (C=O) groups excluding carboxylic acids is 1. The first-order chi connectivity index (χ1) is 10.1. The van der Waals surface area contributed by atoms with Crippen molar-refractivity contribution in [2.75, 3.05) is 26.3 Å². The van der Waals surface area contributed by atoms with E-state index in [-0.39, 0.29) is 6.03 Å².